The molecule has 1 unspecified atom stereocenters. The molecule has 1 aromatic carbocycles. The predicted molar refractivity (Wildman–Crippen MR) is 116 cm³/mol. The summed E-state index contributed by atoms with van der Waals surface area (Å²) in [4.78, 5) is 19.9. The number of piperazine rings is 1. The number of thioether (sulfide) groups is 1. The van der Waals surface area contributed by atoms with Gasteiger partial charge in [-0.05, 0) is 31.4 Å². The zero-order valence-electron chi connectivity index (χ0n) is 17.3. The number of carbonyl (C=O) groups is 1. The minimum atomic E-state index is 0.209. The lowest BCUT2D eigenvalue weighted by Crippen LogP contribution is -2.56. The predicted octanol–water partition coefficient (Wildman–Crippen LogP) is 2.03. The highest BCUT2D eigenvalue weighted by Crippen LogP contribution is 2.24. The topological polar surface area (TPSA) is 57.5 Å². The zero-order valence-corrected chi connectivity index (χ0v) is 18.1. The number of hydrogen-bond acceptors (Lipinski definition) is 6. The number of piperidine rings is 1. The number of carbonyl (C=O) groups excluding carboxylic acids is 1. The molecule has 2 aliphatic heterocycles. The number of aryl methyl sites for hydroxylation is 2. The minimum absolute atomic E-state index is 0.209. The lowest BCUT2D eigenvalue weighted by molar-refractivity contribution is -0.130. The molecule has 3 heterocycles. The van der Waals surface area contributed by atoms with Crippen LogP contribution in [0.15, 0.2) is 35.7 Å². The molecule has 2 fully saturated rings. The van der Waals surface area contributed by atoms with Crippen LogP contribution >= 0.6 is 11.8 Å². The molecule has 7 nitrogen and oxygen atoms in total. The van der Waals surface area contributed by atoms with Gasteiger partial charge in [-0.15, -0.1) is 10.2 Å². The van der Waals surface area contributed by atoms with Gasteiger partial charge in [0.2, 0.25) is 5.91 Å². The zero-order chi connectivity index (χ0) is 20.2. The first-order chi connectivity index (χ1) is 14.1. The fraction of sp³-hybridized carbons (Fsp3) is 0.571. The third-order valence-electron chi connectivity index (χ3n) is 6.03. The van der Waals surface area contributed by atoms with Gasteiger partial charge in [-0.3, -0.25) is 9.69 Å². The maximum absolute atomic E-state index is 12.7. The second-order valence-electron chi connectivity index (χ2n) is 7.96. The van der Waals surface area contributed by atoms with E-state index in [0.717, 1.165) is 50.8 Å². The summed E-state index contributed by atoms with van der Waals surface area (Å²) in [7, 11) is 1.90. The van der Waals surface area contributed by atoms with Crippen LogP contribution < -0.4 is 4.90 Å². The molecular formula is C21H30N6OS. The van der Waals surface area contributed by atoms with Gasteiger partial charge in [0.1, 0.15) is 6.33 Å². The summed E-state index contributed by atoms with van der Waals surface area (Å²) in [6, 6.07) is 9.11. The molecule has 1 atom stereocenters. The van der Waals surface area contributed by atoms with Crippen LogP contribution in [0.3, 0.4) is 0 Å². The Morgan fingerprint density at radius 1 is 1.17 bits per heavy atom. The van der Waals surface area contributed by atoms with Crippen molar-refractivity contribution in [1.82, 2.24) is 24.6 Å². The highest BCUT2D eigenvalue weighted by Gasteiger charge is 2.30. The SMILES string of the molecule is Cc1ccccc1N1CCN(C2CCCN(C(=O)CSc3nncn3C)C2)CC1. The van der Waals surface area contributed by atoms with Crippen molar-refractivity contribution in [2.24, 2.45) is 7.05 Å². The number of aromatic nitrogens is 3. The van der Waals surface area contributed by atoms with Crippen molar-refractivity contribution < 1.29 is 4.79 Å². The number of anilines is 1. The fourth-order valence-corrected chi connectivity index (χ4v) is 5.14. The highest BCUT2D eigenvalue weighted by molar-refractivity contribution is 7.99. The molecule has 0 bridgehead atoms. The first-order valence-electron chi connectivity index (χ1n) is 10.4. The van der Waals surface area contributed by atoms with E-state index in [2.05, 4.69) is 51.2 Å². The number of amides is 1. The second-order valence-corrected chi connectivity index (χ2v) is 8.90. The van der Waals surface area contributed by atoms with Crippen LogP contribution in [0.5, 0.6) is 0 Å². The molecule has 0 spiro atoms. The van der Waals surface area contributed by atoms with Crippen LogP contribution in [-0.4, -0.2) is 81.5 Å². The van der Waals surface area contributed by atoms with E-state index in [-0.39, 0.29) is 5.91 Å². The number of rotatable bonds is 5. The summed E-state index contributed by atoms with van der Waals surface area (Å²) in [6.45, 7) is 8.14. The second kappa shape index (κ2) is 9.17. The summed E-state index contributed by atoms with van der Waals surface area (Å²) in [6.07, 6.45) is 3.94. The molecular weight excluding hydrogens is 384 g/mol. The van der Waals surface area contributed by atoms with Gasteiger partial charge >= 0.3 is 0 Å². The van der Waals surface area contributed by atoms with Gasteiger partial charge in [-0.2, -0.15) is 0 Å². The molecule has 1 amide bonds. The Hall–Kier alpha value is -2.06. The Balaban J connectivity index is 1.28. The largest absolute Gasteiger partial charge is 0.369 e. The Labute approximate surface area is 177 Å². The normalized spacial score (nSPS) is 20.8. The molecule has 2 aromatic rings. The molecule has 0 radical (unpaired) electrons. The summed E-state index contributed by atoms with van der Waals surface area (Å²) < 4.78 is 1.85. The Morgan fingerprint density at radius 3 is 2.69 bits per heavy atom. The number of benzene rings is 1. The molecule has 8 heteroatoms. The molecule has 2 saturated heterocycles. The van der Waals surface area contributed by atoms with Crippen molar-refractivity contribution in [2.75, 3.05) is 49.9 Å². The van der Waals surface area contributed by atoms with Crippen LogP contribution in [0.25, 0.3) is 0 Å². The maximum Gasteiger partial charge on any atom is 0.233 e. The van der Waals surface area contributed by atoms with Gasteiger partial charge in [0.05, 0.1) is 5.75 Å². The van der Waals surface area contributed by atoms with E-state index in [0.29, 0.717) is 11.8 Å². The summed E-state index contributed by atoms with van der Waals surface area (Å²) in [5, 5.41) is 8.72. The first kappa shape index (κ1) is 20.2. The Bertz CT molecular complexity index is 832. The van der Waals surface area contributed by atoms with E-state index < -0.39 is 0 Å². The van der Waals surface area contributed by atoms with Crippen molar-refractivity contribution >= 4 is 23.4 Å². The van der Waals surface area contributed by atoms with E-state index in [1.165, 1.54) is 29.4 Å². The summed E-state index contributed by atoms with van der Waals surface area (Å²) in [5.74, 6) is 0.640. The number of para-hydroxylation sites is 1. The molecule has 4 rings (SSSR count). The smallest absolute Gasteiger partial charge is 0.233 e. The molecule has 1 aromatic heterocycles. The monoisotopic (exact) mass is 414 g/mol. The standard InChI is InChI=1S/C21H30N6OS/c1-17-6-3-4-8-19(17)26-12-10-25(11-13-26)18-7-5-9-27(14-18)20(28)15-29-21-23-22-16-24(21)2/h3-4,6,8,16,18H,5,7,9-15H2,1-2H3. The molecule has 0 N–H and O–H groups in total. The third kappa shape index (κ3) is 4.75. The van der Waals surface area contributed by atoms with Gasteiger partial charge in [0, 0.05) is 58.0 Å². The van der Waals surface area contributed by atoms with Gasteiger partial charge in [-0.25, -0.2) is 0 Å². The van der Waals surface area contributed by atoms with E-state index in [9.17, 15) is 4.79 Å². The average molecular weight is 415 g/mol. The van der Waals surface area contributed by atoms with Crippen LogP contribution in [-0.2, 0) is 11.8 Å². The number of nitrogens with zero attached hydrogens (tertiary/aromatic N) is 6. The van der Waals surface area contributed by atoms with E-state index in [1.807, 2.05) is 16.5 Å². The Kier molecular flexibility index (Phi) is 6.40. The van der Waals surface area contributed by atoms with Gasteiger partial charge in [0.25, 0.3) is 0 Å². The van der Waals surface area contributed by atoms with E-state index >= 15 is 0 Å². The Morgan fingerprint density at radius 2 is 1.97 bits per heavy atom. The highest BCUT2D eigenvalue weighted by atomic mass is 32.2. The number of likely N-dealkylation sites (tertiary alicyclic amines) is 1. The van der Waals surface area contributed by atoms with Crippen LogP contribution in [0.4, 0.5) is 5.69 Å². The van der Waals surface area contributed by atoms with Gasteiger partial charge in [-0.1, -0.05) is 30.0 Å². The van der Waals surface area contributed by atoms with Crippen molar-refractivity contribution in [1.29, 1.82) is 0 Å². The van der Waals surface area contributed by atoms with Crippen molar-refractivity contribution in [2.45, 2.75) is 31.0 Å². The van der Waals surface area contributed by atoms with Gasteiger partial charge in [0.15, 0.2) is 5.16 Å². The van der Waals surface area contributed by atoms with Crippen LogP contribution in [0.1, 0.15) is 18.4 Å². The quantitative estimate of drug-likeness (QED) is 0.698. The number of hydrogen-bond donors (Lipinski definition) is 0. The van der Waals surface area contributed by atoms with Crippen molar-refractivity contribution in [3.8, 4) is 0 Å². The van der Waals surface area contributed by atoms with Crippen molar-refractivity contribution in [3.05, 3.63) is 36.2 Å². The summed E-state index contributed by atoms with van der Waals surface area (Å²) in [5.41, 5.74) is 2.70. The molecule has 0 aliphatic carbocycles. The van der Waals surface area contributed by atoms with E-state index in [4.69, 9.17) is 0 Å². The third-order valence-corrected chi connectivity index (χ3v) is 7.05. The fourth-order valence-electron chi connectivity index (χ4n) is 4.35. The molecule has 0 saturated carbocycles. The van der Waals surface area contributed by atoms with Crippen molar-refractivity contribution in [3.63, 3.8) is 0 Å². The lowest BCUT2D eigenvalue weighted by atomic mass is 10.0. The maximum atomic E-state index is 12.7. The summed E-state index contributed by atoms with van der Waals surface area (Å²) >= 11 is 1.47. The molecule has 156 valence electrons. The van der Waals surface area contributed by atoms with Crippen LogP contribution in [0, 0.1) is 6.92 Å². The minimum Gasteiger partial charge on any atom is -0.369 e. The average Bonchev–Trinajstić information content (AvgIpc) is 3.17. The molecule has 29 heavy (non-hydrogen) atoms. The molecule has 2 aliphatic rings. The van der Waals surface area contributed by atoms with E-state index in [1.54, 1.807) is 6.33 Å². The first-order valence-corrected chi connectivity index (χ1v) is 11.4. The van der Waals surface area contributed by atoms with Crippen LogP contribution in [0.2, 0.25) is 0 Å². The lowest BCUT2D eigenvalue weighted by Gasteiger charge is -2.44. The van der Waals surface area contributed by atoms with Gasteiger partial charge < -0.3 is 14.4 Å².